The molecule has 0 unspecified atom stereocenters. The van der Waals surface area contributed by atoms with Crippen molar-refractivity contribution in [3.8, 4) is 28.7 Å². The van der Waals surface area contributed by atoms with Crippen LogP contribution in [-0.2, 0) is 0 Å². The van der Waals surface area contributed by atoms with E-state index >= 15 is 0 Å². The third-order valence-electron chi connectivity index (χ3n) is 7.97. The second kappa shape index (κ2) is 9.53. The predicted molar refractivity (Wildman–Crippen MR) is 191 cm³/mol. The first-order valence-corrected chi connectivity index (χ1v) is 15.7. The molecule has 10 rings (SSSR count). The molecule has 0 atom stereocenters. The molecule has 0 saturated carbocycles. The van der Waals surface area contributed by atoms with Gasteiger partial charge < -0.3 is 0 Å². The molecule has 4 aromatic heterocycles. The number of nitrogens with zero attached hydrogens (tertiary/aromatic N) is 4. The highest BCUT2D eigenvalue weighted by molar-refractivity contribution is 7.27. The maximum atomic E-state index is 9.51. The van der Waals surface area contributed by atoms with Crippen LogP contribution in [0.2, 0.25) is 0 Å². The van der Waals surface area contributed by atoms with E-state index in [0.29, 0.717) is 15.8 Å². The number of hydrogen-bond acceptors (Lipinski definition) is 5. The van der Waals surface area contributed by atoms with Gasteiger partial charge in [-0.25, -0.2) is 4.98 Å². The van der Waals surface area contributed by atoms with Gasteiger partial charge in [-0.05, 0) is 30.3 Å². The van der Waals surface area contributed by atoms with Crippen molar-refractivity contribution in [1.29, 1.82) is 0 Å². The average molecular weight is 621 g/mol. The molecule has 4 heterocycles. The number of thiophene rings is 2. The van der Waals surface area contributed by atoms with Crippen molar-refractivity contribution in [2.45, 2.75) is 0 Å². The molecular formula is C39H22N4S2. The first kappa shape index (κ1) is 17.2. The zero-order valence-corrected chi connectivity index (χ0v) is 24.7. The van der Waals surface area contributed by atoms with Gasteiger partial charge in [0.25, 0.3) is 0 Å². The molecule has 0 fully saturated rings. The Morgan fingerprint density at radius 1 is 0.511 bits per heavy atom. The van der Waals surface area contributed by atoms with Gasteiger partial charge in [0, 0.05) is 62.2 Å². The van der Waals surface area contributed by atoms with Gasteiger partial charge in [-0.2, -0.15) is 9.97 Å². The Kier molecular flexibility index (Phi) is 3.64. The number of benzene rings is 6. The fourth-order valence-corrected chi connectivity index (χ4v) is 8.29. The molecule has 45 heavy (non-hydrogen) atoms. The number of fused-ring (bicyclic) bond motifs is 10. The zero-order chi connectivity index (χ0) is 38.2. The van der Waals surface area contributed by atoms with Gasteiger partial charge >= 0.3 is 0 Å². The van der Waals surface area contributed by atoms with Crippen LogP contribution >= 0.6 is 22.7 Å². The molecule has 0 N–H and O–H groups in total. The Balaban J connectivity index is 1.42. The van der Waals surface area contributed by atoms with Gasteiger partial charge in [0.15, 0.2) is 11.6 Å². The molecule has 0 spiro atoms. The zero-order valence-electron chi connectivity index (χ0n) is 33.0. The van der Waals surface area contributed by atoms with Crippen molar-refractivity contribution < 1.29 is 13.7 Å². The van der Waals surface area contributed by atoms with Crippen LogP contribution in [0, 0.1) is 0 Å². The first-order valence-electron chi connectivity index (χ1n) is 19.1. The lowest BCUT2D eigenvalue weighted by molar-refractivity contribution is 0.954. The Hall–Kier alpha value is -5.43. The molecule has 0 aliphatic heterocycles. The second-order valence-electron chi connectivity index (χ2n) is 10.5. The molecule has 10 aromatic rings. The topological polar surface area (TPSA) is 43.6 Å². The van der Waals surface area contributed by atoms with E-state index in [1.807, 2.05) is 66.7 Å². The predicted octanol–water partition coefficient (Wildman–Crippen LogP) is 11.0. The molecule has 0 amide bonds. The average Bonchev–Trinajstić information content (AvgIpc) is 3.90. The quantitative estimate of drug-likeness (QED) is 0.197. The van der Waals surface area contributed by atoms with Crippen molar-refractivity contribution in [3.63, 3.8) is 0 Å². The number of rotatable bonds is 3. The smallest absolute Gasteiger partial charge is 0.238 e. The van der Waals surface area contributed by atoms with Crippen LogP contribution in [0.15, 0.2) is 133 Å². The van der Waals surface area contributed by atoms with E-state index < -0.39 is 30.2 Å². The maximum Gasteiger partial charge on any atom is 0.238 e. The molecule has 0 radical (unpaired) electrons. The molecule has 6 aromatic carbocycles. The summed E-state index contributed by atoms with van der Waals surface area (Å²) < 4.78 is 92.8. The normalized spacial score (nSPS) is 15.1. The summed E-state index contributed by atoms with van der Waals surface area (Å²) in [5.41, 5.74) is 1.38. The van der Waals surface area contributed by atoms with Crippen molar-refractivity contribution in [3.05, 3.63) is 133 Å². The monoisotopic (exact) mass is 620 g/mol. The van der Waals surface area contributed by atoms with E-state index in [4.69, 9.17) is 23.2 Å². The van der Waals surface area contributed by atoms with Crippen LogP contribution in [0.3, 0.4) is 0 Å². The van der Waals surface area contributed by atoms with E-state index in [2.05, 4.69) is 6.07 Å². The third-order valence-corrected chi connectivity index (χ3v) is 10.2. The summed E-state index contributed by atoms with van der Waals surface area (Å²) in [6, 6.07) is 19.1. The summed E-state index contributed by atoms with van der Waals surface area (Å²) >= 11 is 2.63. The van der Waals surface area contributed by atoms with Gasteiger partial charge in [-0.15, -0.1) is 22.7 Å². The summed E-state index contributed by atoms with van der Waals surface area (Å²) in [5, 5.41) is 2.39. The summed E-state index contributed by atoms with van der Waals surface area (Å²) in [6.07, 6.45) is 0. The first-order chi connectivity index (χ1) is 26.5. The van der Waals surface area contributed by atoms with E-state index in [-0.39, 0.29) is 85.1 Å². The van der Waals surface area contributed by atoms with Gasteiger partial charge in [-0.1, -0.05) is 103 Å². The molecule has 0 bridgehead atoms. The summed E-state index contributed by atoms with van der Waals surface area (Å²) in [7, 11) is 0. The highest BCUT2D eigenvalue weighted by atomic mass is 32.1. The lowest BCUT2D eigenvalue weighted by atomic mass is 10.1. The van der Waals surface area contributed by atoms with Gasteiger partial charge in [0.2, 0.25) is 5.95 Å². The third kappa shape index (κ3) is 3.67. The second-order valence-corrected chi connectivity index (χ2v) is 12.6. The molecule has 210 valence electrons. The van der Waals surface area contributed by atoms with Gasteiger partial charge in [-0.3, -0.25) is 4.57 Å². The molecule has 0 saturated heterocycles. The molecule has 6 heteroatoms. The van der Waals surface area contributed by atoms with Crippen LogP contribution in [-0.4, -0.2) is 19.5 Å². The Bertz CT molecular complexity index is 3340. The van der Waals surface area contributed by atoms with Crippen LogP contribution in [0.25, 0.3) is 90.9 Å². The Morgan fingerprint density at radius 3 is 2.22 bits per heavy atom. The van der Waals surface area contributed by atoms with Crippen molar-refractivity contribution in [1.82, 2.24) is 19.5 Å². The molecule has 0 aliphatic carbocycles. The lowest BCUT2D eigenvalue weighted by Gasteiger charge is -2.11. The molecule has 4 nitrogen and oxygen atoms in total. The number of aromatic nitrogens is 4. The van der Waals surface area contributed by atoms with Gasteiger partial charge in [0.05, 0.1) is 24.7 Å². The minimum absolute atomic E-state index is 0.0197. The Morgan fingerprint density at radius 2 is 1.29 bits per heavy atom. The number of para-hydroxylation sites is 1. The summed E-state index contributed by atoms with van der Waals surface area (Å²) in [6.45, 7) is 0. The minimum Gasteiger partial charge on any atom is -0.278 e. The summed E-state index contributed by atoms with van der Waals surface area (Å²) in [4.78, 5) is 14.9. The largest absolute Gasteiger partial charge is 0.278 e. The van der Waals surface area contributed by atoms with Crippen LogP contribution < -0.4 is 0 Å². The highest BCUT2D eigenvalue weighted by Crippen LogP contribution is 2.44. The molecule has 0 aliphatic rings. The fraction of sp³-hybridized carbons (Fsp3) is 0. The van der Waals surface area contributed by atoms with E-state index in [0.717, 1.165) is 31.5 Å². The van der Waals surface area contributed by atoms with Crippen molar-refractivity contribution in [2.24, 2.45) is 0 Å². The summed E-state index contributed by atoms with van der Waals surface area (Å²) in [5.74, 6) is 0.526. The molecular weight excluding hydrogens is 589 g/mol. The number of hydrogen-bond donors (Lipinski definition) is 0. The standard InChI is InChI=1S/C39H22N4S2/c1-2-11-23(12-3-1)37-40-38(28-16-10-20-33-34(28)27-15-6-9-19-32(27)44-33)42-39(41-37)43-29-17-7-4-14-26(29)35-30(43)22-21-25-24-13-5-8-18-31(24)45-36(25)35/h1-22H/i4D,5D,7D,8D,13D,14D,17D,18D,21D,22D. The van der Waals surface area contributed by atoms with Crippen LogP contribution in [0.1, 0.15) is 13.7 Å². The van der Waals surface area contributed by atoms with Gasteiger partial charge in [0.1, 0.15) is 0 Å². The lowest BCUT2D eigenvalue weighted by Crippen LogP contribution is -2.06. The fourth-order valence-electron chi connectivity index (χ4n) is 6.04. The van der Waals surface area contributed by atoms with E-state index in [1.165, 1.54) is 4.57 Å². The van der Waals surface area contributed by atoms with E-state index in [9.17, 15) is 5.48 Å². The minimum atomic E-state index is -0.515. The SMILES string of the molecule is [2H]c1c([2H])c([2H])c2c(sc3c2c([2H])c([2H])c2c3c3c([2H])c([2H])c([2H])c([2H])c3n2-c2nc(-c3ccccc3)nc(-c3cccc4sc5ccccc5c34)n2)c1[2H]. The Labute approximate surface area is 279 Å². The van der Waals surface area contributed by atoms with E-state index in [1.54, 1.807) is 11.3 Å². The van der Waals surface area contributed by atoms with Crippen LogP contribution in [0.5, 0.6) is 0 Å². The highest BCUT2D eigenvalue weighted by Gasteiger charge is 2.21. The van der Waals surface area contributed by atoms with Crippen LogP contribution in [0.4, 0.5) is 0 Å². The van der Waals surface area contributed by atoms with Crippen molar-refractivity contribution in [2.75, 3.05) is 0 Å². The maximum absolute atomic E-state index is 9.51. The van der Waals surface area contributed by atoms with Crippen molar-refractivity contribution >= 4 is 84.8 Å².